The highest BCUT2D eigenvalue weighted by atomic mass is 32.2. The van der Waals surface area contributed by atoms with Gasteiger partial charge in [0.1, 0.15) is 0 Å². The Morgan fingerprint density at radius 3 is 2.11 bits per heavy atom. The van der Waals surface area contributed by atoms with Gasteiger partial charge in [0, 0.05) is 10.5 Å². The van der Waals surface area contributed by atoms with Gasteiger partial charge in [-0.2, -0.15) is 0 Å². The Balaban J connectivity index is 2.43. The molecule has 1 aliphatic rings. The summed E-state index contributed by atoms with van der Waals surface area (Å²) in [6, 6.07) is 0. The van der Waals surface area contributed by atoms with Crippen LogP contribution in [0.25, 0.3) is 0 Å². The average Bonchev–Trinajstić information content (AvgIpc) is 1.59. The molecule has 0 radical (unpaired) electrons. The smallest absolute Gasteiger partial charge is 0.246 e. The molecule has 1 saturated heterocycles. The second-order valence-corrected chi connectivity index (χ2v) is 5.42. The van der Waals surface area contributed by atoms with Gasteiger partial charge in [-0.1, -0.05) is 37.4 Å². The van der Waals surface area contributed by atoms with Crippen molar-refractivity contribution in [1.82, 2.24) is 0 Å². The van der Waals surface area contributed by atoms with Gasteiger partial charge in [0.05, 0.1) is 0 Å². The van der Waals surface area contributed by atoms with Gasteiger partial charge in [-0.05, 0) is 6.42 Å². The fourth-order valence-corrected chi connectivity index (χ4v) is 3.68. The molecule has 0 spiro atoms. The van der Waals surface area contributed by atoms with Crippen molar-refractivity contribution in [3.63, 3.8) is 0 Å². The quantitative estimate of drug-likeness (QED) is 0.545. The molecule has 0 N–H and O–H groups in total. The third-order valence-corrected chi connectivity index (χ3v) is 3.41. The fraction of sp³-hybridized carbons (Fsp3) is 0.833. The fourth-order valence-electron chi connectivity index (χ4n) is 0.920. The molecule has 0 aromatic heterocycles. The normalized spacial score (nSPS) is 36.9. The van der Waals surface area contributed by atoms with E-state index >= 15 is 0 Å². The van der Waals surface area contributed by atoms with E-state index in [4.69, 9.17) is 0 Å². The van der Waals surface area contributed by atoms with Crippen molar-refractivity contribution >= 4 is 28.0 Å². The van der Waals surface area contributed by atoms with E-state index in [1.165, 1.54) is 29.9 Å². The molecule has 2 atom stereocenters. The van der Waals surface area contributed by atoms with E-state index in [-0.39, 0.29) is 0 Å². The predicted molar refractivity (Wildman–Crippen MR) is 44.1 cm³/mol. The van der Waals surface area contributed by atoms with Crippen LogP contribution in [-0.4, -0.2) is 14.9 Å². The van der Waals surface area contributed by atoms with Gasteiger partial charge in [0.2, 0.25) is 4.45 Å². The maximum atomic E-state index is 10.8. The molecule has 1 heterocycles. The van der Waals surface area contributed by atoms with Crippen molar-refractivity contribution in [2.45, 2.75) is 30.8 Å². The first-order chi connectivity index (χ1) is 4.18. The molecule has 1 fully saturated rings. The van der Waals surface area contributed by atoms with Crippen molar-refractivity contribution in [3.05, 3.63) is 0 Å². The number of thioether (sulfide) groups is 2. The molecule has 52 valence electrons. The summed E-state index contributed by atoms with van der Waals surface area (Å²) in [5.74, 6) is 0. The zero-order valence-corrected chi connectivity index (χ0v) is 7.22. The molecule has 3 heteroatoms. The van der Waals surface area contributed by atoms with Crippen molar-refractivity contribution in [2.24, 2.45) is 0 Å². The summed E-state index contributed by atoms with van der Waals surface area (Å²) >= 11 is 2.94. The van der Waals surface area contributed by atoms with Crippen LogP contribution in [0.2, 0.25) is 0 Å². The van der Waals surface area contributed by atoms with E-state index < -0.39 is 0 Å². The van der Waals surface area contributed by atoms with Gasteiger partial charge in [-0.3, -0.25) is 4.79 Å². The molecule has 0 aliphatic carbocycles. The Labute approximate surface area is 64.0 Å². The third-order valence-electron chi connectivity index (χ3n) is 1.26. The summed E-state index contributed by atoms with van der Waals surface area (Å²) in [4.78, 5) is 10.8. The second kappa shape index (κ2) is 2.97. The van der Waals surface area contributed by atoms with Crippen LogP contribution in [0.5, 0.6) is 0 Å². The van der Waals surface area contributed by atoms with Gasteiger partial charge in [0.15, 0.2) is 0 Å². The Morgan fingerprint density at radius 2 is 1.78 bits per heavy atom. The predicted octanol–water partition coefficient (Wildman–Crippen LogP) is 2.75. The van der Waals surface area contributed by atoms with Crippen LogP contribution in [-0.2, 0) is 0 Å². The Hall–Kier alpha value is 0.370. The molecular weight excluding hydrogens is 152 g/mol. The van der Waals surface area contributed by atoms with Gasteiger partial charge in [-0.25, -0.2) is 0 Å². The Morgan fingerprint density at radius 1 is 1.33 bits per heavy atom. The average molecular weight is 162 g/mol. The lowest BCUT2D eigenvalue weighted by molar-refractivity contribution is 0.276. The number of rotatable bonds is 0. The van der Waals surface area contributed by atoms with Crippen LogP contribution >= 0.6 is 23.5 Å². The minimum Gasteiger partial charge on any atom is -0.274 e. The monoisotopic (exact) mass is 162 g/mol. The van der Waals surface area contributed by atoms with E-state index in [0.717, 1.165) is 0 Å². The molecule has 1 nitrogen and oxygen atoms in total. The van der Waals surface area contributed by atoms with Crippen LogP contribution in [0, 0.1) is 0 Å². The first-order valence-corrected chi connectivity index (χ1v) is 4.81. The highest BCUT2D eigenvalue weighted by Crippen LogP contribution is 2.35. The standard InChI is InChI=1S/C6H10OS2/c1-4-3-5(2)9-6(7)8-4/h4-5H,3H2,1-2H3. The van der Waals surface area contributed by atoms with Gasteiger partial charge < -0.3 is 0 Å². The topological polar surface area (TPSA) is 17.1 Å². The minimum absolute atomic E-state index is 0.293. The van der Waals surface area contributed by atoms with Crippen molar-refractivity contribution in [2.75, 3.05) is 0 Å². The molecule has 1 aliphatic heterocycles. The maximum Gasteiger partial charge on any atom is 0.246 e. The maximum absolute atomic E-state index is 10.8. The molecule has 0 aromatic carbocycles. The molecule has 2 unspecified atom stereocenters. The molecule has 0 bridgehead atoms. The highest BCUT2D eigenvalue weighted by molar-refractivity contribution is 8.39. The molecule has 9 heavy (non-hydrogen) atoms. The van der Waals surface area contributed by atoms with Gasteiger partial charge in [0.25, 0.3) is 0 Å². The SMILES string of the molecule is CC1CC(C)SC(=O)S1. The van der Waals surface area contributed by atoms with Crippen LogP contribution in [0.4, 0.5) is 4.79 Å². The van der Waals surface area contributed by atoms with Gasteiger partial charge in [-0.15, -0.1) is 0 Å². The van der Waals surface area contributed by atoms with Crippen molar-refractivity contribution in [1.29, 1.82) is 0 Å². The zero-order chi connectivity index (χ0) is 6.85. The first kappa shape index (κ1) is 7.48. The Kier molecular flexibility index (Phi) is 2.47. The summed E-state index contributed by atoms with van der Waals surface area (Å²) in [6.45, 7) is 4.22. The summed E-state index contributed by atoms with van der Waals surface area (Å²) in [7, 11) is 0. The Bertz CT molecular complexity index is 112. The third kappa shape index (κ3) is 2.22. The van der Waals surface area contributed by atoms with Crippen molar-refractivity contribution < 1.29 is 4.79 Å². The van der Waals surface area contributed by atoms with E-state index in [1.807, 2.05) is 0 Å². The molecule has 0 aromatic rings. The summed E-state index contributed by atoms with van der Waals surface area (Å²) < 4.78 is 0.293. The largest absolute Gasteiger partial charge is 0.274 e. The summed E-state index contributed by atoms with van der Waals surface area (Å²) in [5.41, 5.74) is 0. The van der Waals surface area contributed by atoms with Crippen LogP contribution in [0.3, 0.4) is 0 Å². The van der Waals surface area contributed by atoms with Crippen LogP contribution < -0.4 is 0 Å². The van der Waals surface area contributed by atoms with Crippen LogP contribution in [0.15, 0.2) is 0 Å². The number of hydrogen-bond acceptors (Lipinski definition) is 3. The molecule has 0 saturated carbocycles. The highest BCUT2D eigenvalue weighted by Gasteiger charge is 2.22. The van der Waals surface area contributed by atoms with Gasteiger partial charge >= 0.3 is 0 Å². The van der Waals surface area contributed by atoms with E-state index in [1.54, 1.807) is 0 Å². The molecule has 0 amide bonds. The lowest BCUT2D eigenvalue weighted by Gasteiger charge is -2.20. The van der Waals surface area contributed by atoms with Crippen LogP contribution in [0.1, 0.15) is 20.3 Å². The zero-order valence-electron chi connectivity index (χ0n) is 5.59. The first-order valence-electron chi connectivity index (χ1n) is 3.05. The lowest BCUT2D eigenvalue weighted by Crippen LogP contribution is -2.14. The number of carbonyl (C=O) groups is 1. The van der Waals surface area contributed by atoms with E-state index in [2.05, 4.69) is 13.8 Å². The number of hydrogen-bond donors (Lipinski definition) is 0. The molecular formula is C6H10OS2. The van der Waals surface area contributed by atoms with E-state index in [0.29, 0.717) is 14.9 Å². The van der Waals surface area contributed by atoms with E-state index in [9.17, 15) is 4.79 Å². The summed E-state index contributed by atoms with van der Waals surface area (Å²) in [6.07, 6.45) is 1.17. The minimum atomic E-state index is 0.293. The molecule has 1 rings (SSSR count). The second-order valence-electron chi connectivity index (χ2n) is 2.34. The van der Waals surface area contributed by atoms with Crippen molar-refractivity contribution in [3.8, 4) is 0 Å². The lowest BCUT2D eigenvalue weighted by atomic mass is 10.3. The summed E-state index contributed by atoms with van der Waals surface area (Å²) in [5, 5.41) is 1.07. The number of carbonyl (C=O) groups excluding carboxylic acids is 1.